The lowest BCUT2D eigenvalue weighted by Gasteiger charge is -2.55. The molecule has 0 unspecified atom stereocenters. The molecular formula is C27H30N6O4. The van der Waals surface area contributed by atoms with Gasteiger partial charge in [-0.05, 0) is 45.0 Å². The van der Waals surface area contributed by atoms with Crippen molar-refractivity contribution in [2.75, 3.05) is 38.2 Å². The quantitative estimate of drug-likeness (QED) is 0.396. The second-order valence-electron chi connectivity index (χ2n) is 10.8. The number of anilines is 1. The number of pyridine rings is 1. The molecule has 0 saturated carbocycles. The first-order valence-corrected chi connectivity index (χ1v) is 12.4. The summed E-state index contributed by atoms with van der Waals surface area (Å²) in [5.41, 5.74) is 2.75. The van der Waals surface area contributed by atoms with Gasteiger partial charge in [-0.2, -0.15) is 5.10 Å². The van der Waals surface area contributed by atoms with E-state index in [1.807, 2.05) is 36.0 Å². The Morgan fingerprint density at radius 2 is 2.03 bits per heavy atom. The minimum absolute atomic E-state index is 0.145. The van der Waals surface area contributed by atoms with Crippen molar-refractivity contribution in [3.63, 3.8) is 0 Å². The molecule has 10 heteroatoms. The maximum absolute atomic E-state index is 13.1. The topological polar surface area (TPSA) is 119 Å². The van der Waals surface area contributed by atoms with E-state index in [4.69, 9.17) is 14.3 Å². The molecule has 6 rings (SSSR count). The molecule has 1 spiro atoms. The molecule has 1 amide bonds. The van der Waals surface area contributed by atoms with E-state index < -0.39 is 11.5 Å². The van der Waals surface area contributed by atoms with Gasteiger partial charge >= 0.3 is 0 Å². The second-order valence-corrected chi connectivity index (χ2v) is 10.8. The lowest BCUT2D eigenvalue weighted by Crippen LogP contribution is -2.66. The van der Waals surface area contributed by atoms with E-state index in [0.29, 0.717) is 22.6 Å². The fourth-order valence-electron chi connectivity index (χ4n) is 5.10. The van der Waals surface area contributed by atoms with Crippen molar-refractivity contribution in [3.8, 4) is 11.5 Å². The Balaban J connectivity index is 1.20. The van der Waals surface area contributed by atoms with Crippen LogP contribution in [0.3, 0.4) is 0 Å². The third-order valence-corrected chi connectivity index (χ3v) is 7.06. The number of benzene rings is 1. The Labute approximate surface area is 214 Å². The van der Waals surface area contributed by atoms with Crippen molar-refractivity contribution in [2.24, 2.45) is 5.41 Å². The Kier molecular flexibility index (Phi) is 5.63. The Hall–Kier alpha value is -3.60. The second kappa shape index (κ2) is 8.76. The third-order valence-electron chi connectivity index (χ3n) is 7.06. The molecule has 3 aromatic heterocycles. The number of carbonyl (C=O) groups is 1. The Morgan fingerprint density at radius 3 is 2.73 bits per heavy atom. The van der Waals surface area contributed by atoms with Crippen LogP contribution >= 0.6 is 0 Å². The number of fused-ring (bicyclic) bond motifs is 1. The van der Waals surface area contributed by atoms with Crippen molar-refractivity contribution >= 4 is 22.5 Å². The van der Waals surface area contributed by atoms with Gasteiger partial charge < -0.3 is 19.6 Å². The summed E-state index contributed by atoms with van der Waals surface area (Å²) in [5.74, 6) is -0.0854. The van der Waals surface area contributed by atoms with Crippen LogP contribution in [-0.2, 0) is 16.9 Å². The van der Waals surface area contributed by atoms with Crippen LogP contribution in [0.1, 0.15) is 35.6 Å². The molecule has 0 atom stereocenters. The summed E-state index contributed by atoms with van der Waals surface area (Å²) in [4.78, 5) is 24.0. The van der Waals surface area contributed by atoms with Gasteiger partial charge in [0.25, 0.3) is 5.91 Å². The molecule has 10 nitrogen and oxygen atoms in total. The third kappa shape index (κ3) is 4.63. The van der Waals surface area contributed by atoms with Crippen LogP contribution in [0.2, 0.25) is 0 Å². The molecule has 1 aromatic carbocycles. The van der Waals surface area contributed by atoms with Gasteiger partial charge in [0, 0.05) is 65.3 Å². The van der Waals surface area contributed by atoms with Crippen molar-refractivity contribution in [3.05, 3.63) is 59.9 Å². The summed E-state index contributed by atoms with van der Waals surface area (Å²) in [7, 11) is 0. The van der Waals surface area contributed by atoms with Gasteiger partial charge in [0.1, 0.15) is 6.26 Å². The normalized spacial score (nSPS) is 17.1. The summed E-state index contributed by atoms with van der Waals surface area (Å²) >= 11 is 0. The largest absolute Gasteiger partial charge is 0.444 e. The molecule has 4 aromatic rings. The van der Waals surface area contributed by atoms with Gasteiger partial charge in [0.05, 0.1) is 30.9 Å². The van der Waals surface area contributed by atoms with E-state index in [-0.39, 0.29) is 5.69 Å². The van der Waals surface area contributed by atoms with Gasteiger partial charge in [0.2, 0.25) is 5.89 Å². The van der Waals surface area contributed by atoms with E-state index in [1.54, 1.807) is 26.1 Å². The van der Waals surface area contributed by atoms with Crippen LogP contribution in [0, 0.1) is 12.3 Å². The highest BCUT2D eigenvalue weighted by Crippen LogP contribution is 2.37. The molecule has 2 N–H and O–H groups in total. The minimum atomic E-state index is -1.19. The van der Waals surface area contributed by atoms with Gasteiger partial charge in [-0.1, -0.05) is 0 Å². The van der Waals surface area contributed by atoms with Crippen LogP contribution in [0.4, 0.5) is 5.69 Å². The molecule has 2 fully saturated rings. The van der Waals surface area contributed by atoms with E-state index in [1.165, 1.54) is 6.26 Å². The maximum Gasteiger partial charge on any atom is 0.277 e. The average molecular weight is 503 g/mol. The highest BCUT2D eigenvalue weighted by atomic mass is 16.5. The monoisotopic (exact) mass is 502 g/mol. The number of hydrogen-bond acceptors (Lipinski definition) is 8. The fourth-order valence-corrected chi connectivity index (χ4v) is 5.10. The van der Waals surface area contributed by atoms with Gasteiger partial charge in [-0.3, -0.25) is 19.4 Å². The highest BCUT2D eigenvalue weighted by Gasteiger charge is 2.48. The number of aromatic nitrogens is 4. The van der Waals surface area contributed by atoms with Crippen molar-refractivity contribution in [1.82, 2.24) is 24.6 Å². The first kappa shape index (κ1) is 23.8. The van der Waals surface area contributed by atoms with Gasteiger partial charge in [-0.25, -0.2) is 4.98 Å². The van der Waals surface area contributed by atoms with E-state index in [2.05, 4.69) is 20.2 Å². The lowest BCUT2D eigenvalue weighted by molar-refractivity contribution is -0.189. The molecule has 0 aliphatic carbocycles. The molecule has 2 aliphatic rings. The number of amides is 1. The summed E-state index contributed by atoms with van der Waals surface area (Å²) in [6.07, 6.45) is 4.97. The standard InChI is InChI=1S/C27H30N6O4/c1-17-8-18(4-5-28-17)25-30-23(12-37-25)24(34)29-22-9-19-11-33(31-21(19)10-20(22)26(2,3)35)7-6-32-13-27(14-32)15-36-16-27/h4-5,8-12,35H,6-7,13-16H2,1-3H3,(H,29,34). The molecule has 5 heterocycles. The van der Waals surface area contributed by atoms with Crippen molar-refractivity contribution in [2.45, 2.75) is 32.9 Å². The smallest absolute Gasteiger partial charge is 0.277 e. The number of likely N-dealkylation sites (tertiary alicyclic amines) is 1. The molecule has 37 heavy (non-hydrogen) atoms. The zero-order valence-corrected chi connectivity index (χ0v) is 21.2. The number of ether oxygens (including phenoxy) is 1. The molecule has 2 saturated heterocycles. The van der Waals surface area contributed by atoms with E-state index in [9.17, 15) is 9.90 Å². The number of rotatable bonds is 7. The average Bonchev–Trinajstić information content (AvgIpc) is 3.43. The zero-order valence-electron chi connectivity index (χ0n) is 21.2. The maximum atomic E-state index is 13.1. The number of aryl methyl sites for hydroxylation is 1. The molecule has 0 bridgehead atoms. The molecule has 0 radical (unpaired) electrons. The van der Waals surface area contributed by atoms with Crippen LogP contribution in [0.25, 0.3) is 22.4 Å². The van der Waals surface area contributed by atoms with Crippen LogP contribution in [0.5, 0.6) is 0 Å². The minimum Gasteiger partial charge on any atom is -0.444 e. The predicted octanol–water partition coefficient (Wildman–Crippen LogP) is 3.21. The molecule has 192 valence electrons. The number of nitrogens with zero attached hydrogens (tertiary/aromatic N) is 5. The number of oxazole rings is 1. The zero-order chi connectivity index (χ0) is 25.8. The van der Waals surface area contributed by atoms with Gasteiger partial charge in [-0.15, -0.1) is 0 Å². The first-order valence-electron chi connectivity index (χ1n) is 12.4. The Bertz CT molecular complexity index is 1470. The summed E-state index contributed by atoms with van der Waals surface area (Å²) in [5, 5.41) is 19.4. The van der Waals surface area contributed by atoms with E-state index in [0.717, 1.165) is 61.6 Å². The SMILES string of the molecule is Cc1cc(-c2nc(C(=O)Nc3cc4cn(CCN5CC6(COC6)C5)nc4cc3C(C)(C)O)co2)ccn1. The summed E-state index contributed by atoms with van der Waals surface area (Å²) in [6, 6.07) is 7.30. The van der Waals surface area contributed by atoms with Crippen LogP contribution in [0.15, 0.2) is 47.3 Å². The summed E-state index contributed by atoms with van der Waals surface area (Å²) < 4.78 is 12.8. The van der Waals surface area contributed by atoms with Gasteiger partial charge in [0.15, 0.2) is 5.69 Å². The number of aliphatic hydroxyl groups is 1. The number of nitrogens with one attached hydrogen (secondary N) is 1. The number of carbonyl (C=O) groups excluding carboxylic acids is 1. The van der Waals surface area contributed by atoms with Crippen molar-refractivity contribution in [1.29, 1.82) is 0 Å². The van der Waals surface area contributed by atoms with Crippen LogP contribution < -0.4 is 5.32 Å². The van der Waals surface area contributed by atoms with E-state index >= 15 is 0 Å². The highest BCUT2D eigenvalue weighted by molar-refractivity contribution is 6.04. The number of hydrogen-bond donors (Lipinski definition) is 2. The lowest BCUT2D eigenvalue weighted by atomic mass is 9.78. The van der Waals surface area contributed by atoms with Crippen molar-refractivity contribution < 1.29 is 19.1 Å². The molecular weight excluding hydrogens is 472 g/mol. The fraction of sp³-hybridized carbons (Fsp3) is 0.407. The first-order chi connectivity index (χ1) is 17.7. The summed E-state index contributed by atoms with van der Waals surface area (Å²) in [6.45, 7) is 10.8. The predicted molar refractivity (Wildman–Crippen MR) is 137 cm³/mol. The van der Waals surface area contributed by atoms with Crippen LogP contribution in [-0.4, -0.2) is 68.5 Å². The Morgan fingerprint density at radius 1 is 1.22 bits per heavy atom. The molecule has 2 aliphatic heterocycles.